The van der Waals surface area contributed by atoms with Crippen LogP contribution in [0.3, 0.4) is 0 Å². The SMILES string of the molecule is Cc1ccc(CC(=O)N/N=C\c2ccccc2OCc2ccccc2Cl)cc1. The Balaban J connectivity index is 1.58. The van der Waals surface area contributed by atoms with Crippen molar-refractivity contribution in [1.29, 1.82) is 0 Å². The van der Waals surface area contributed by atoms with Crippen LogP contribution in [0.15, 0.2) is 77.9 Å². The van der Waals surface area contributed by atoms with Crippen LogP contribution in [0.25, 0.3) is 0 Å². The lowest BCUT2D eigenvalue weighted by molar-refractivity contribution is -0.120. The monoisotopic (exact) mass is 392 g/mol. The number of para-hydroxylation sites is 1. The van der Waals surface area contributed by atoms with Gasteiger partial charge in [0.25, 0.3) is 0 Å². The lowest BCUT2D eigenvalue weighted by Gasteiger charge is -2.10. The van der Waals surface area contributed by atoms with Crippen LogP contribution >= 0.6 is 11.6 Å². The normalized spacial score (nSPS) is 10.8. The quantitative estimate of drug-likeness (QED) is 0.458. The Morgan fingerprint density at radius 3 is 2.54 bits per heavy atom. The minimum Gasteiger partial charge on any atom is -0.488 e. The molecule has 0 atom stereocenters. The van der Waals surface area contributed by atoms with Gasteiger partial charge in [-0.1, -0.05) is 71.8 Å². The second kappa shape index (κ2) is 9.72. The Bertz CT molecular complexity index is 968. The maximum absolute atomic E-state index is 12.0. The summed E-state index contributed by atoms with van der Waals surface area (Å²) in [6.07, 6.45) is 1.86. The van der Waals surface area contributed by atoms with E-state index < -0.39 is 0 Å². The highest BCUT2D eigenvalue weighted by atomic mass is 35.5. The van der Waals surface area contributed by atoms with Crippen LogP contribution in [-0.4, -0.2) is 12.1 Å². The van der Waals surface area contributed by atoms with E-state index in [1.807, 2.05) is 79.7 Å². The molecular formula is C23H21ClN2O2. The summed E-state index contributed by atoms with van der Waals surface area (Å²) < 4.78 is 5.88. The van der Waals surface area contributed by atoms with Gasteiger partial charge in [-0.25, -0.2) is 5.43 Å². The van der Waals surface area contributed by atoms with Gasteiger partial charge in [-0.05, 0) is 30.7 Å². The molecule has 142 valence electrons. The molecule has 0 aliphatic rings. The summed E-state index contributed by atoms with van der Waals surface area (Å²) in [6, 6.07) is 22.9. The fourth-order valence-corrected chi connectivity index (χ4v) is 2.78. The third-order valence-corrected chi connectivity index (χ3v) is 4.51. The van der Waals surface area contributed by atoms with Crippen molar-refractivity contribution in [2.24, 2.45) is 5.10 Å². The maximum atomic E-state index is 12.0. The average molecular weight is 393 g/mol. The molecule has 0 fully saturated rings. The van der Waals surface area contributed by atoms with Crippen molar-refractivity contribution >= 4 is 23.7 Å². The number of nitrogens with zero attached hydrogens (tertiary/aromatic N) is 1. The Morgan fingerprint density at radius 2 is 1.75 bits per heavy atom. The summed E-state index contributed by atoms with van der Waals surface area (Å²) in [7, 11) is 0. The minimum absolute atomic E-state index is 0.172. The molecule has 3 rings (SSSR count). The molecule has 0 unspecified atom stereocenters. The fourth-order valence-electron chi connectivity index (χ4n) is 2.59. The molecule has 3 aromatic rings. The van der Waals surface area contributed by atoms with Crippen LogP contribution in [0, 0.1) is 6.92 Å². The van der Waals surface area contributed by atoms with E-state index in [1.54, 1.807) is 6.21 Å². The zero-order chi connectivity index (χ0) is 19.8. The first kappa shape index (κ1) is 19.6. The van der Waals surface area contributed by atoms with Gasteiger partial charge in [0.2, 0.25) is 5.91 Å². The number of hydrogen-bond acceptors (Lipinski definition) is 3. The molecule has 3 aromatic carbocycles. The van der Waals surface area contributed by atoms with Crippen LogP contribution in [0.2, 0.25) is 5.02 Å². The largest absolute Gasteiger partial charge is 0.488 e. The van der Waals surface area contributed by atoms with E-state index in [9.17, 15) is 4.79 Å². The van der Waals surface area contributed by atoms with Gasteiger partial charge in [-0.15, -0.1) is 0 Å². The maximum Gasteiger partial charge on any atom is 0.244 e. The highest BCUT2D eigenvalue weighted by Gasteiger charge is 2.05. The van der Waals surface area contributed by atoms with Crippen molar-refractivity contribution in [3.63, 3.8) is 0 Å². The number of rotatable bonds is 7. The second-order valence-corrected chi connectivity index (χ2v) is 6.78. The smallest absolute Gasteiger partial charge is 0.244 e. The van der Waals surface area contributed by atoms with Crippen LogP contribution in [0.4, 0.5) is 0 Å². The zero-order valence-electron chi connectivity index (χ0n) is 15.6. The predicted octanol–water partition coefficient (Wildman–Crippen LogP) is 4.92. The van der Waals surface area contributed by atoms with Gasteiger partial charge in [0.05, 0.1) is 12.6 Å². The van der Waals surface area contributed by atoms with Gasteiger partial charge in [0.15, 0.2) is 0 Å². The van der Waals surface area contributed by atoms with Gasteiger partial charge in [-0.3, -0.25) is 4.79 Å². The predicted molar refractivity (Wildman–Crippen MR) is 113 cm³/mol. The number of carbonyl (C=O) groups is 1. The molecule has 0 spiro atoms. The highest BCUT2D eigenvalue weighted by molar-refractivity contribution is 6.31. The first-order chi connectivity index (χ1) is 13.6. The molecule has 1 N–H and O–H groups in total. The summed E-state index contributed by atoms with van der Waals surface area (Å²) >= 11 is 6.17. The van der Waals surface area contributed by atoms with Gasteiger partial charge in [0, 0.05) is 16.1 Å². The number of nitrogens with one attached hydrogen (secondary N) is 1. The number of carbonyl (C=O) groups excluding carboxylic acids is 1. The molecule has 0 bridgehead atoms. The third kappa shape index (κ3) is 5.69. The lowest BCUT2D eigenvalue weighted by atomic mass is 10.1. The molecule has 0 saturated carbocycles. The van der Waals surface area contributed by atoms with Crippen molar-refractivity contribution in [2.75, 3.05) is 0 Å². The Labute approximate surface area is 169 Å². The number of amides is 1. The molecule has 0 heterocycles. The number of hydrazone groups is 1. The van der Waals surface area contributed by atoms with E-state index in [1.165, 1.54) is 0 Å². The molecule has 0 aliphatic carbocycles. The third-order valence-electron chi connectivity index (χ3n) is 4.14. The average Bonchev–Trinajstić information content (AvgIpc) is 2.70. The van der Waals surface area contributed by atoms with Crippen molar-refractivity contribution in [3.8, 4) is 5.75 Å². The van der Waals surface area contributed by atoms with Gasteiger partial charge < -0.3 is 4.74 Å². The molecule has 28 heavy (non-hydrogen) atoms. The van der Waals surface area contributed by atoms with Crippen molar-refractivity contribution in [2.45, 2.75) is 20.0 Å². The zero-order valence-corrected chi connectivity index (χ0v) is 16.3. The summed E-state index contributed by atoms with van der Waals surface area (Å²) in [5, 5.41) is 4.72. The summed E-state index contributed by atoms with van der Waals surface area (Å²) in [6.45, 7) is 2.36. The lowest BCUT2D eigenvalue weighted by Crippen LogP contribution is -2.19. The minimum atomic E-state index is -0.172. The van der Waals surface area contributed by atoms with E-state index in [2.05, 4.69) is 10.5 Å². The molecule has 0 saturated heterocycles. The summed E-state index contributed by atoms with van der Waals surface area (Å²) in [4.78, 5) is 12.0. The first-order valence-corrected chi connectivity index (χ1v) is 9.32. The van der Waals surface area contributed by atoms with Crippen LogP contribution < -0.4 is 10.2 Å². The molecule has 4 nitrogen and oxygen atoms in total. The first-order valence-electron chi connectivity index (χ1n) is 8.94. The van der Waals surface area contributed by atoms with Crippen LogP contribution in [0.1, 0.15) is 22.3 Å². The number of ether oxygens (including phenoxy) is 1. The van der Waals surface area contributed by atoms with Gasteiger partial charge >= 0.3 is 0 Å². The summed E-state index contributed by atoms with van der Waals surface area (Å²) in [5.41, 5.74) is 6.34. The van der Waals surface area contributed by atoms with Crippen LogP contribution in [-0.2, 0) is 17.8 Å². The topological polar surface area (TPSA) is 50.7 Å². The van der Waals surface area contributed by atoms with Crippen molar-refractivity contribution in [1.82, 2.24) is 5.43 Å². The number of halogens is 1. The van der Waals surface area contributed by atoms with E-state index >= 15 is 0 Å². The Hall–Kier alpha value is -3.11. The van der Waals surface area contributed by atoms with Gasteiger partial charge in [0.1, 0.15) is 12.4 Å². The Kier molecular flexibility index (Phi) is 6.82. The van der Waals surface area contributed by atoms with E-state index in [0.717, 1.165) is 22.3 Å². The van der Waals surface area contributed by atoms with E-state index in [0.29, 0.717) is 17.4 Å². The number of hydrogen-bond donors (Lipinski definition) is 1. The fraction of sp³-hybridized carbons (Fsp3) is 0.130. The van der Waals surface area contributed by atoms with Crippen molar-refractivity contribution in [3.05, 3.63) is 100 Å². The number of aryl methyl sites for hydroxylation is 1. The van der Waals surface area contributed by atoms with Crippen LogP contribution in [0.5, 0.6) is 5.75 Å². The molecule has 0 aromatic heterocycles. The van der Waals surface area contributed by atoms with E-state index in [-0.39, 0.29) is 12.3 Å². The molecule has 0 radical (unpaired) electrons. The standard InChI is InChI=1S/C23H21ClN2O2/c1-17-10-12-18(13-11-17)14-23(27)26-25-15-19-6-3-5-9-22(19)28-16-20-7-2-4-8-21(20)24/h2-13,15H,14,16H2,1H3,(H,26,27)/b25-15-. The Morgan fingerprint density at radius 1 is 1.04 bits per heavy atom. The highest BCUT2D eigenvalue weighted by Crippen LogP contribution is 2.20. The van der Waals surface area contributed by atoms with Crippen molar-refractivity contribution < 1.29 is 9.53 Å². The molecule has 1 amide bonds. The molecule has 0 aliphatic heterocycles. The molecular weight excluding hydrogens is 372 g/mol. The molecule has 5 heteroatoms. The number of benzene rings is 3. The second-order valence-electron chi connectivity index (χ2n) is 6.37. The van der Waals surface area contributed by atoms with E-state index in [4.69, 9.17) is 16.3 Å². The summed E-state index contributed by atoms with van der Waals surface area (Å²) in [5.74, 6) is 0.494. The van der Waals surface area contributed by atoms with Gasteiger partial charge in [-0.2, -0.15) is 5.10 Å².